The van der Waals surface area contributed by atoms with Crippen molar-refractivity contribution in [3.63, 3.8) is 0 Å². The molecule has 0 spiro atoms. The van der Waals surface area contributed by atoms with Crippen LogP contribution in [0.5, 0.6) is 0 Å². The smallest absolute Gasteiger partial charge is 0.163 e. The Morgan fingerprint density at radius 2 is 1.83 bits per heavy atom. The van der Waals surface area contributed by atoms with Gasteiger partial charge < -0.3 is 5.11 Å². The molecule has 0 radical (unpaired) electrons. The van der Waals surface area contributed by atoms with Crippen LogP contribution in [0.25, 0.3) is 0 Å². The fourth-order valence-corrected chi connectivity index (χ4v) is 0. The van der Waals surface area contributed by atoms with E-state index in [4.69, 9.17) is 28.3 Å². The molecule has 0 atom stereocenters. The molecular weight excluding hydrogens is 123 g/mol. The Bertz CT molecular complexity index is 59.8. The van der Waals surface area contributed by atoms with E-state index >= 15 is 0 Å². The normalized spacial score (nSPS) is 9.17. The van der Waals surface area contributed by atoms with Gasteiger partial charge in [0.15, 0.2) is 4.84 Å². The third-order valence-electron chi connectivity index (χ3n) is 0.252. The summed E-state index contributed by atoms with van der Waals surface area (Å²) in [5.41, 5.74) is 0. The van der Waals surface area contributed by atoms with Gasteiger partial charge in [-0.15, -0.1) is 0 Å². The van der Waals surface area contributed by atoms with E-state index in [1.165, 1.54) is 0 Å². The van der Waals surface area contributed by atoms with Gasteiger partial charge in [-0.2, -0.15) is 0 Å². The Kier molecular flexibility index (Phi) is 2.37. The Morgan fingerprint density at radius 3 is 1.83 bits per heavy atom. The zero-order valence-corrected chi connectivity index (χ0v) is 4.50. The van der Waals surface area contributed by atoms with E-state index in [1.54, 1.807) is 0 Å². The highest BCUT2D eigenvalue weighted by Crippen LogP contribution is 2.07. The standard InChI is InChI=1S/C3H4Cl2O/c1-2(6)3(4)5/h3,6H,1H2. The molecule has 0 amide bonds. The maximum atomic E-state index is 8.17. The van der Waals surface area contributed by atoms with E-state index in [9.17, 15) is 0 Å². The largest absolute Gasteiger partial charge is 0.510 e. The summed E-state index contributed by atoms with van der Waals surface area (Å²) >= 11 is 10.1. The van der Waals surface area contributed by atoms with Gasteiger partial charge >= 0.3 is 0 Å². The fraction of sp³-hybridized carbons (Fsp3) is 0.333. The van der Waals surface area contributed by atoms with E-state index in [2.05, 4.69) is 6.58 Å². The van der Waals surface area contributed by atoms with Crippen molar-refractivity contribution in [2.24, 2.45) is 0 Å². The Morgan fingerprint density at radius 1 is 1.67 bits per heavy atom. The van der Waals surface area contributed by atoms with Gasteiger partial charge in [0.1, 0.15) is 5.76 Å². The lowest BCUT2D eigenvalue weighted by atomic mass is 10.7. The first-order valence-corrected chi connectivity index (χ1v) is 2.18. The molecule has 0 bridgehead atoms. The molecule has 3 heteroatoms. The predicted molar refractivity (Wildman–Crippen MR) is 27.3 cm³/mol. The van der Waals surface area contributed by atoms with Crippen LogP contribution in [0.3, 0.4) is 0 Å². The number of hydrogen-bond donors (Lipinski definition) is 1. The van der Waals surface area contributed by atoms with E-state index < -0.39 is 4.84 Å². The zero-order valence-electron chi connectivity index (χ0n) is 2.99. The first-order valence-electron chi connectivity index (χ1n) is 1.30. The minimum Gasteiger partial charge on any atom is -0.510 e. The van der Waals surface area contributed by atoms with Crippen molar-refractivity contribution in [3.05, 3.63) is 12.3 Å². The van der Waals surface area contributed by atoms with Crippen LogP contribution in [0.2, 0.25) is 0 Å². The van der Waals surface area contributed by atoms with Crippen LogP contribution in [0.4, 0.5) is 0 Å². The van der Waals surface area contributed by atoms with Gasteiger partial charge in [0.2, 0.25) is 0 Å². The molecule has 1 N–H and O–H groups in total. The van der Waals surface area contributed by atoms with Crippen molar-refractivity contribution in [3.8, 4) is 0 Å². The maximum absolute atomic E-state index is 8.17. The van der Waals surface area contributed by atoms with Crippen LogP contribution in [-0.4, -0.2) is 9.94 Å². The van der Waals surface area contributed by atoms with Crippen molar-refractivity contribution < 1.29 is 5.11 Å². The quantitative estimate of drug-likeness (QED) is 0.421. The molecule has 0 heterocycles. The van der Waals surface area contributed by atoms with Gasteiger partial charge in [0.05, 0.1) is 0 Å². The van der Waals surface area contributed by atoms with Gasteiger partial charge in [-0.3, -0.25) is 0 Å². The molecule has 0 saturated heterocycles. The van der Waals surface area contributed by atoms with Crippen LogP contribution in [0, 0.1) is 0 Å². The van der Waals surface area contributed by atoms with Crippen LogP contribution < -0.4 is 0 Å². The number of aliphatic hydroxyl groups is 1. The van der Waals surface area contributed by atoms with Crippen LogP contribution in [-0.2, 0) is 0 Å². The van der Waals surface area contributed by atoms with E-state index in [0.29, 0.717) is 0 Å². The molecule has 0 fully saturated rings. The minimum atomic E-state index is -0.843. The van der Waals surface area contributed by atoms with Crippen molar-refractivity contribution in [1.29, 1.82) is 0 Å². The first-order chi connectivity index (χ1) is 2.64. The summed E-state index contributed by atoms with van der Waals surface area (Å²) in [6, 6.07) is 0. The highest BCUT2D eigenvalue weighted by Gasteiger charge is 1.97. The highest BCUT2D eigenvalue weighted by atomic mass is 35.5. The van der Waals surface area contributed by atoms with Crippen LogP contribution in [0.15, 0.2) is 12.3 Å². The van der Waals surface area contributed by atoms with Gasteiger partial charge in [0, 0.05) is 0 Å². The molecule has 0 aliphatic carbocycles. The Balaban J connectivity index is 3.26. The second-order valence-electron chi connectivity index (χ2n) is 0.792. The number of aliphatic hydroxyl groups excluding tert-OH is 1. The van der Waals surface area contributed by atoms with Crippen LogP contribution >= 0.6 is 23.2 Å². The van der Waals surface area contributed by atoms with Crippen molar-refractivity contribution in [2.75, 3.05) is 0 Å². The van der Waals surface area contributed by atoms with Gasteiger partial charge in [-0.1, -0.05) is 29.8 Å². The summed E-state index contributed by atoms with van der Waals surface area (Å²) in [5, 5.41) is 8.17. The Labute approximate surface area is 46.2 Å². The van der Waals surface area contributed by atoms with Gasteiger partial charge in [0.25, 0.3) is 0 Å². The molecular formula is C3H4Cl2O. The second-order valence-corrected chi connectivity index (χ2v) is 1.89. The van der Waals surface area contributed by atoms with Crippen molar-refractivity contribution in [2.45, 2.75) is 4.84 Å². The summed E-state index contributed by atoms with van der Waals surface area (Å²) in [5.74, 6) is -0.210. The maximum Gasteiger partial charge on any atom is 0.163 e. The summed E-state index contributed by atoms with van der Waals surface area (Å²) in [6.07, 6.45) is 0. The second kappa shape index (κ2) is 2.32. The number of hydrogen-bond acceptors (Lipinski definition) is 1. The molecule has 0 rings (SSSR count). The summed E-state index contributed by atoms with van der Waals surface area (Å²) < 4.78 is 0. The number of halogens is 2. The monoisotopic (exact) mass is 126 g/mol. The van der Waals surface area contributed by atoms with Gasteiger partial charge in [-0.25, -0.2) is 0 Å². The lowest BCUT2D eigenvalue weighted by Crippen LogP contribution is -1.86. The molecule has 0 aromatic heterocycles. The van der Waals surface area contributed by atoms with Crippen molar-refractivity contribution >= 4 is 23.2 Å². The Hall–Kier alpha value is 0.120. The molecule has 0 aliphatic rings. The molecule has 0 aromatic carbocycles. The van der Waals surface area contributed by atoms with E-state index in [-0.39, 0.29) is 5.76 Å². The third-order valence-corrected chi connectivity index (χ3v) is 0.756. The predicted octanol–water partition coefficient (Wildman–Crippen LogP) is 1.86. The number of allylic oxidation sites excluding steroid dienone is 1. The number of rotatable bonds is 1. The van der Waals surface area contributed by atoms with E-state index in [1.807, 2.05) is 0 Å². The average Bonchev–Trinajstić information content (AvgIpc) is 1.36. The summed E-state index contributed by atoms with van der Waals surface area (Å²) in [6.45, 7) is 3.05. The molecule has 0 aliphatic heterocycles. The number of alkyl halides is 2. The molecule has 1 nitrogen and oxygen atoms in total. The van der Waals surface area contributed by atoms with Crippen molar-refractivity contribution in [1.82, 2.24) is 0 Å². The lowest BCUT2D eigenvalue weighted by Gasteiger charge is -1.91. The molecule has 6 heavy (non-hydrogen) atoms. The molecule has 36 valence electrons. The average molecular weight is 127 g/mol. The SMILES string of the molecule is C=C(O)C(Cl)Cl. The highest BCUT2D eigenvalue weighted by molar-refractivity contribution is 6.45. The van der Waals surface area contributed by atoms with E-state index in [0.717, 1.165) is 0 Å². The summed E-state index contributed by atoms with van der Waals surface area (Å²) in [4.78, 5) is -0.843. The minimum absolute atomic E-state index is 0.210. The fourth-order valence-electron chi connectivity index (χ4n) is 0. The molecule has 0 saturated carbocycles. The summed E-state index contributed by atoms with van der Waals surface area (Å²) in [7, 11) is 0. The molecule has 0 aromatic rings. The molecule has 0 unspecified atom stereocenters. The van der Waals surface area contributed by atoms with Crippen LogP contribution in [0.1, 0.15) is 0 Å². The third kappa shape index (κ3) is 2.36. The first kappa shape index (κ1) is 6.12. The lowest BCUT2D eigenvalue weighted by molar-refractivity contribution is 0.412. The topological polar surface area (TPSA) is 20.2 Å². The zero-order chi connectivity index (χ0) is 5.15. The van der Waals surface area contributed by atoms with Gasteiger partial charge in [-0.05, 0) is 0 Å².